The molecular weight excluding hydrogens is 226 g/mol. The summed E-state index contributed by atoms with van der Waals surface area (Å²) in [7, 11) is 1.67. The van der Waals surface area contributed by atoms with E-state index >= 15 is 0 Å². The van der Waals surface area contributed by atoms with E-state index in [4.69, 9.17) is 9.47 Å². The highest BCUT2D eigenvalue weighted by atomic mass is 16.5. The van der Waals surface area contributed by atoms with E-state index in [2.05, 4.69) is 19.2 Å². The van der Waals surface area contributed by atoms with Gasteiger partial charge in [-0.1, -0.05) is 19.4 Å². The number of methoxy groups -OCH3 is 1. The maximum Gasteiger partial charge on any atom is 0.161 e. The van der Waals surface area contributed by atoms with Gasteiger partial charge in [-0.25, -0.2) is 0 Å². The predicted octanol–water partition coefficient (Wildman–Crippen LogP) is 3.16. The highest BCUT2D eigenvalue weighted by Crippen LogP contribution is 2.27. The Labute approximate surface area is 110 Å². The molecule has 1 N–H and O–H groups in total. The third kappa shape index (κ3) is 4.96. The Hall–Kier alpha value is -1.22. The molecule has 1 unspecified atom stereocenters. The molecule has 18 heavy (non-hydrogen) atoms. The summed E-state index contributed by atoms with van der Waals surface area (Å²) in [4.78, 5) is 0. The standard InChI is InChI=1S/C15H25NO2/c1-5-6-13(3)16-9-10-18-14-8-7-12(2)11-15(14)17-4/h7-8,11,13,16H,5-6,9-10H2,1-4H3. The van der Waals surface area contributed by atoms with Crippen LogP contribution in [-0.2, 0) is 0 Å². The molecule has 0 aliphatic carbocycles. The van der Waals surface area contributed by atoms with Crippen molar-refractivity contribution in [1.82, 2.24) is 5.32 Å². The Balaban J connectivity index is 2.35. The molecule has 1 atom stereocenters. The van der Waals surface area contributed by atoms with Gasteiger partial charge in [0.25, 0.3) is 0 Å². The first-order chi connectivity index (χ1) is 8.67. The van der Waals surface area contributed by atoms with Crippen LogP contribution < -0.4 is 14.8 Å². The highest BCUT2D eigenvalue weighted by molar-refractivity contribution is 5.42. The maximum atomic E-state index is 5.72. The van der Waals surface area contributed by atoms with Gasteiger partial charge in [0.1, 0.15) is 6.61 Å². The number of ether oxygens (including phenoxy) is 2. The normalized spacial score (nSPS) is 12.2. The van der Waals surface area contributed by atoms with Crippen LogP contribution in [0.1, 0.15) is 32.3 Å². The molecule has 0 spiro atoms. The van der Waals surface area contributed by atoms with E-state index in [0.29, 0.717) is 12.6 Å². The van der Waals surface area contributed by atoms with Crippen molar-refractivity contribution < 1.29 is 9.47 Å². The Bertz CT molecular complexity index is 352. The number of rotatable bonds is 8. The van der Waals surface area contributed by atoms with Gasteiger partial charge in [-0.3, -0.25) is 0 Å². The van der Waals surface area contributed by atoms with E-state index in [9.17, 15) is 0 Å². The van der Waals surface area contributed by atoms with E-state index < -0.39 is 0 Å². The molecule has 0 fully saturated rings. The van der Waals surface area contributed by atoms with Crippen molar-refractivity contribution >= 4 is 0 Å². The molecule has 0 aliphatic rings. The smallest absolute Gasteiger partial charge is 0.161 e. The van der Waals surface area contributed by atoms with Gasteiger partial charge in [-0.05, 0) is 38.0 Å². The summed E-state index contributed by atoms with van der Waals surface area (Å²) in [5, 5.41) is 3.44. The first-order valence-corrected chi connectivity index (χ1v) is 6.68. The lowest BCUT2D eigenvalue weighted by Gasteiger charge is -2.14. The fraction of sp³-hybridized carbons (Fsp3) is 0.600. The van der Waals surface area contributed by atoms with Crippen LogP contribution in [0, 0.1) is 6.92 Å². The lowest BCUT2D eigenvalue weighted by Crippen LogP contribution is -2.30. The molecule has 0 aromatic heterocycles. The van der Waals surface area contributed by atoms with Crippen LogP contribution in [0.5, 0.6) is 11.5 Å². The SMILES string of the molecule is CCCC(C)NCCOc1ccc(C)cc1OC. The molecule has 0 heterocycles. The molecule has 1 aromatic rings. The molecule has 3 heteroatoms. The highest BCUT2D eigenvalue weighted by Gasteiger charge is 2.04. The second-order valence-electron chi connectivity index (χ2n) is 4.65. The van der Waals surface area contributed by atoms with Crippen molar-refractivity contribution in [3.8, 4) is 11.5 Å². The summed E-state index contributed by atoms with van der Waals surface area (Å²) in [6.07, 6.45) is 2.41. The zero-order chi connectivity index (χ0) is 13.4. The molecule has 0 saturated carbocycles. The molecule has 0 radical (unpaired) electrons. The molecule has 0 bridgehead atoms. The number of hydrogen-bond donors (Lipinski definition) is 1. The van der Waals surface area contributed by atoms with Crippen molar-refractivity contribution in [1.29, 1.82) is 0 Å². The van der Waals surface area contributed by atoms with Crippen molar-refractivity contribution in [2.45, 2.75) is 39.7 Å². The van der Waals surface area contributed by atoms with Gasteiger partial charge in [-0.2, -0.15) is 0 Å². The fourth-order valence-electron chi connectivity index (χ4n) is 1.90. The van der Waals surface area contributed by atoms with E-state index in [1.807, 2.05) is 25.1 Å². The van der Waals surface area contributed by atoms with Gasteiger partial charge in [-0.15, -0.1) is 0 Å². The van der Waals surface area contributed by atoms with Gasteiger partial charge in [0.15, 0.2) is 11.5 Å². The predicted molar refractivity (Wildman–Crippen MR) is 75.6 cm³/mol. The van der Waals surface area contributed by atoms with E-state index in [1.54, 1.807) is 7.11 Å². The van der Waals surface area contributed by atoms with Crippen LogP contribution >= 0.6 is 0 Å². The number of nitrogens with one attached hydrogen (secondary N) is 1. The van der Waals surface area contributed by atoms with Gasteiger partial charge in [0.2, 0.25) is 0 Å². The van der Waals surface area contributed by atoms with Crippen LogP contribution in [0.3, 0.4) is 0 Å². The molecule has 1 rings (SSSR count). The maximum absolute atomic E-state index is 5.72. The van der Waals surface area contributed by atoms with E-state index in [-0.39, 0.29) is 0 Å². The van der Waals surface area contributed by atoms with E-state index in [1.165, 1.54) is 18.4 Å². The molecular formula is C15H25NO2. The van der Waals surface area contributed by atoms with Crippen LogP contribution in [0.15, 0.2) is 18.2 Å². The van der Waals surface area contributed by atoms with Crippen LogP contribution in [0.2, 0.25) is 0 Å². The minimum Gasteiger partial charge on any atom is -0.493 e. The number of aryl methyl sites for hydroxylation is 1. The Morgan fingerprint density at radius 1 is 1.28 bits per heavy atom. The van der Waals surface area contributed by atoms with Gasteiger partial charge in [0.05, 0.1) is 7.11 Å². The molecule has 0 aliphatic heterocycles. The number of hydrogen-bond acceptors (Lipinski definition) is 3. The summed E-state index contributed by atoms with van der Waals surface area (Å²) in [5.74, 6) is 1.62. The third-order valence-corrected chi connectivity index (χ3v) is 2.89. The topological polar surface area (TPSA) is 30.5 Å². The van der Waals surface area contributed by atoms with Crippen LogP contribution in [0.25, 0.3) is 0 Å². The lowest BCUT2D eigenvalue weighted by atomic mass is 10.2. The molecule has 3 nitrogen and oxygen atoms in total. The van der Waals surface area contributed by atoms with Crippen molar-refractivity contribution in [3.05, 3.63) is 23.8 Å². The summed E-state index contributed by atoms with van der Waals surface area (Å²) in [6.45, 7) is 7.97. The van der Waals surface area contributed by atoms with Crippen molar-refractivity contribution in [3.63, 3.8) is 0 Å². The Kier molecular flexibility index (Phi) is 6.58. The zero-order valence-electron chi connectivity index (χ0n) is 12.0. The van der Waals surface area contributed by atoms with Crippen molar-refractivity contribution in [2.75, 3.05) is 20.3 Å². The van der Waals surface area contributed by atoms with Crippen LogP contribution in [0.4, 0.5) is 0 Å². The summed E-state index contributed by atoms with van der Waals surface area (Å²) in [6, 6.07) is 6.54. The zero-order valence-corrected chi connectivity index (χ0v) is 12.0. The summed E-state index contributed by atoms with van der Waals surface area (Å²) < 4.78 is 11.0. The van der Waals surface area contributed by atoms with Gasteiger partial charge < -0.3 is 14.8 Å². The lowest BCUT2D eigenvalue weighted by molar-refractivity contribution is 0.286. The number of benzene rings is 1. The van der Waals surface area contributed by atoms with Gasteiger partial charge >= 0.3 is 0 Å². The fourth-order valence-corrected chi connectivity index (χ4v) is 1.90. The molecule has 102 valence electrons. The molecule has 0 amide bonds. The minimum absolute atomic E-state index is 0.554. The largest absolute Gasteiger partial charge is 0.493 e. The monoisotopic (exact) mass is 251 g/mol. The second-order valence-corrected chi connectivity index (χ2v) is 4.65. The van der Waals surface area contributed by atoms with E-state index in [0.717, 1.165) is 18.0 Å². The second kappa shape index (κ2) is 7.98. The average molecular weight is 251 g/mol. The molecule has 0 saturated heterocycles. The van der Waals surface area contributed by atoms with Gasteiger partial charge in [0, 0.05) is 12.6 Å². The Morgan fingerprint density at radius 3 is 2.72 bits per heavy atom. The Morgan fingerprint density at radius 2 is 2.06 bits per heavy atom. The minimum atomic E-state index is 0.554. The van der Waals surface area contributed by atoms with Crippen molar-refractivity contribution in [2.24, 2.45) is 0 Å². The molecule has 1 aromatic carbocycles. The van der Waals surface area contributed by atoms with Crippen LogP contribution in [-0.4, -0.2) is 26.3 Å². The quantitative estimate of drug-likeness (QED) is 0.720. The summed E-state index contributed by atoms with van der Waals surface area (Å²) in [5.41, 5.74) is 1.17. The first kappa shape index (κ1) is 14.8. The summed E-state index contributed by atoms with van der Waals surface area (Å²) >= 11 is 0. The third-order valence-electron chi connectivity index (χ3n) is 2.89. The average Bonchev–Trinajstić information content (AvgIpc) is 2.36. The first-order valence-electron chi connectivity index (χ1n) is 6.68.